The molecule has 0 saturated carbocycles. The molecule has 6 heteroatoms. The largest absolute Gasteiger partial charge is 0.483 e. The lowest BCUT2D eigenvalue weighted by Crippen LogP contribution is -2.20. The zero-order chi connectivity index (χ0) is 15.2. The maximum atomic E-state index is 11.9. The molecule has 21 heavy (non-hydrogen) atoms. The van der Waals surface area contributed by atoms with Crippen LogP contribution in [0.4, 0.5) is 11.4 Å². The van der Waals surface area contributed by atoms with Gasteiger partial charge in [0.15, 0.2) is 6.61 Å². The Bertz CT molecular complexity index is 649. The van der Waals surface area contributed by atoms with Crippen molar-refractivity contribution < 1.29 is 9.53 Å². The van der Waals surface area contributed by atoms with E-state index >= 15 is 0 Å². The van der Waals surface area contributed by atoms with Crippen molar-refractivity contribution in [2.24, 2.45) is 0 Å². The van der Waals surface area contributed by atoms with E-state index in [0.717, 1.165) is 4.90 Å². The van der Waals surface area contributed by atoms with E-state index in [-0.39, 0.29) is 12.5 Å². The Labute approximate surface area is 132 Å². The van der Waals surface area contributed by atoms with Crippen LogP contribution in [0.2, 0.25) is 5.02 Å². The first-order valence-electron chi connectivity index (χ1n) is 6.21. The zero-order valence-electron chi connectivity index (χ0n) is 11.4. The van der Waals surface area contributed by atoms with Crippen molar-refractivity contribution in [1.82, 2.24) is 0 Å². The molecule has 1 amide bonds. The first-order valence-corrected chi connectivity index (χ1v) is 7.81. The third-order valence-corrected chi connectivity index (χ3v) is 3.78. The fraction of sp³-hybridized carbons (Fsp3) is 0.133. The lowest BCUT2D eigenvalue weighted by molar-refractivity contribution is -0.118. The quantitative estimate of drug-likeness (QED) is 0.651. The van der Waals surface area contributed by atoms with Gasteiger partial charge in [-0.3, -0.25) is 4.79 Å². The number of nitrogen functional groups attached to an aromatic ring is 1. The van der Waals surface area contributed by atoms with Crippen molar-refractivity contribution in [3.05, 3.63) is 47.5 Å². The highest BCUT2D eigenvalue weighted by Crippen LogP contribution is 2.27. The Morgan fingerprint density at radius 1 is 1.33 bits per heavy atom. The molecule has 4 nitrogen and oxygen atoms in total. The van der Waals surface area contributed by atoms with Gasteiger partial charge in [0.1, 0.15) is 5.75 Å². The summed E-state index contributed by atoms with van der Waals surface area (Å²) in [6, 6.07) is 12.5. The molecule has 0 bridgehead atoms. The fourth-order valence-electron chi connectivity index (χ4n) is 1.70. The molecule has 2 aromatic rings. The van der Waals surface area contributed by atoms with Gasteiger partial charge in [-0.15, -0.1) is 11.8 Å². The summed E-state index contributed by atoms with van der Waals surface area (Å²) in [5.41, 5.74) is 6.66. The number of benzene rings is 2. The number of nitrogens with one attached hydrogen (secondary N) is 1. The molecule has 0 unspecified atom stereocenters. The van der Waals surface area contributed by atoms with Crippen molar-refractivity contribution >= 4 is 40.6 Å². The molecule has 0 aromatic heterocycles. The third kappa shape index (κ3) is 4.31. The Morgan fingerprint density at radius 3 is 2.81 bits per heavy atom. The molecule has 0 aliphatic heterocycles. The van der Waals surface area contributed by atoms with Gasteiger partial charge in [-0.1, -0.05) is 23.7 Å². The number of thioether (sulfide) groups is 1. The molecular formula is C15H15ClN2O2S. The topological polar surface area (TPSA) is 64.3 Å². The van der Waals surface area contributed by atoms with Crippen molar-refractivity contribution in [1.29, 1.82) is 0 Å². The molecule has 0 atom stereocenters. The van der Waals surface area contributed by atoms with Crippen LogP contribution >= 0.6 is 23.4 Å². The maximum absolute atomic E-state index is 11.9. The lowest BCUT2D eigenvalue weighted by atomic mass is 10.3. The van der Waals surface area contributed by atoms with Gasteiger partial charge in [-0.25, -0.2) is 0 Å². The molecule has 0 radical (unpaired) electrons. The van der Waals surface area contributed by atoms with Crippen molar-refractivity contribution in [3.8, 4) is 5.75 Å². The Kier molecular flexibility index (Phi) is 5.36. The third-order valence-electron chi connectivity index (χ3n) is 2.70. The number of hydrogen-bond donors (Lipinski definition) is 2. The molecule has 0 spiro atoms. The molecule has 110 valence electrons. The Balaban J connectivity index is 1.96. The van der Waals surface area contributed by atoms with Crippen LogP contribution in [0.15, 0.2) is 47.4 Å². The van der Waals surface area contributed by atoms with Gasteiger partial charge in [0.05, 0.1) is 10.7 Å². The standard InChI is InChI=1S/C15H15ClN2O2S/c1-21-14-5-3-2-4-13(14)20-9-15(19)18-12-7-6-10(17)8-11(12)16/h2-8H,9,17H2,1H3,(H,18,19). The predicted molar refractivity (Wildman–Crippen MR) is 88.2 cm³/mol. The van der Waals surface area contributed by atoms with Gasteiger partial charge >= 0.3 is 0 Å². The Morgan fingerprint density at radius 2 is 2.10 bits per heavy atom. The van der Waals surface area contributed by atoms with E-state index < -0.39 is 0 Å². The SMILES string of the molecule is CSc1ccccc1OCC(=O)Nc1ccc(N)cc1Cl. The zero-order valence-corrected chi connectivity index (χ0v) is 13.0. The summed E-state index contributed by atoms with van der Waals surface area (Å²) in [6.07, 6.45) is 1.95. The summed E-state index contributed by atoms with van der Waals surface area (Å²) < 4.78 is 5.52. The van der Waals surface area contributed by atoms with Crippen molar-refractivity contribution in [2.75, 3.05) is 23.9 Å². The van der Waals surface area contributed by atoms with Crippen LogP contribution in [0.5, 0.6) is 5.75 Å². The second-order valence-corrected chi connectivity index (χ2v) is 5.48. The fourth-order valence-corrected chi connectivity index (χ4v) is 2.48. The minimum absolute atomic E-state index is 0.0850. The highest BCUT2D eigenvalue weighted by molar-refractivity contribution is 7.98. The van der Waals surface area contributed by atoms with E-state index in [1.807, 2.05) is 30.5 Å². The number of ether oxygens (including phenoxy) is 1. The highest BCUT2D eigenvalue weighted by atomic mass is 35.5. The summed E-state index contributed by atoms with van der Waals surface area (Å²) in [6.45, 7) is -0.0850. The average Bonchev–Trinajstić information content (AvgIpc) is 2.48. The molecule has 0 aliphatic rings. The second-order valence-electron chi connectivity index (χ2n) is 4.23. The molecule has 2 aromatic carbocycles. The summed E-state index contributed by atoms with van der Waals surface area (Å²) in [7, 11) is 0. The van der Waals surface area contributed by atoms with Gasteiger partial charge in [0.25, 0.3) is 5.91 Å². The predicted octanol–water partition coefficient (Wildman–Crippen LogP) is 3.66. The van der Waals surface area contributed by atoms with E-state index in [1.54, 1.807) is 30.0 Å². The van der Waals surface area contributed by atoms with Crippen LogP contribution in [-0.2, 0) is 4.79 Å². The first kappa shape index (κ1) is 15.5. The minimum Gasteiger partial charge on any atom is -0.483 e. The van der Waals surface area contributed by atoms with Crippen LogP contribution in [-0.4, -0.2) is 18.8 Å². The molecule has 0 heterocycles. The molecule has 0 fully saturated rings. The van der Waals surface area contributed by atoms with Crippen LogP contribution in [0.3, 0.4) is 0 Å². The summed E-state index contributed by atoms with van der Waals surface area (Å²) >= 11 is 7.56. The Hall–Kier alpha value is -1.85. The lowest BCUT2D eigenvalue weighted by Gasteiger charge is -2.11. The van der Waals surface area contributed by atoms with Crippen LogP contribution in [0.25, 0.3) is 0 Å². The number of hydrogen-bond acceptors (Lipinski definition) is 4. The van der Waals surface area contributed by atoms with E-state index in [1.165, 1.54) is 0 Å². The first-order chi connectivity index (χ1) is 10.1. The van der Waals surface area contributed by atoms with Crippen molar-refractivity contribution in [2.45, 2.75) is 4.90 Å². The van der Waals surface area contributed by atoms with Gasteiger partial charge < -0.3 is 15.8 Å². The van der Waals surface area contributed by atoms with Crippen LogP contribution < -0.4 is 15.8 Å². The number of halogens is 1. The molecule has 0 saturated heterocycles. The van der Waals surface area contributed by atoms with E-state index in [2.05, 4.69) is 5.32 Å². The molecule has 3 N–H and O–H groups in total. The molecular weight excluding hydrogens is 308 g/mol. The number of carbonyl (C=O) groups is 1. The normalized spacial score (nSPS) is 10.2. The monoisotopic (exact) mass is 322 g/mol. The average molecular weight is 323 g/mol. The number of anilines is 2. The maximum Gasteiger partial charge on any atom is 0.262 e. The van der Waals surface area contributed by atoms with Crippen LogP contribution in [0, 0.1) is 0 Å². The van der Waals surface area contributed by atoms with Gasteiger partial charge in [0.2, 0.25) is 0 Å². The molecule has 0 aliphatic carbocycles. The number of amides is 1. The van der Waals surface area contributed by atoms with E-state index in [0.29, 0.717) is 22.1 Å². The van der Waals surface area contributed by atoms with E-state index in [9.17, 15) is 4.79 Å². The smallest absolute Gasteiger partial charge is 0.262 e. The van der Waals surface area contributed by atoms with Crippen molar-refractivity contribution in [3.63, 3.8) is 0 Å². The highest BCUT2D eigenvalue weighted by Gasteiger charge is 2.08. The number of rotatable bonds is 5. The summed E-state index contributed by atoms with van der Waals surface area (Å²) in [5.74, 6) is 0.404. The van der Waals surface area contributed by atoms with Gasteiger partial charge in [-0.2, -0.15) is 0 Å². The molecule has 2 rings (SSSR count). The van der Waals surface area contributed by atoms with Gasteiger partial charge in [-0.05, 0) is 36.6 Å². The summed E-state index contributed by atoms with van der Waals surface area (Å²) in [4.78, 5) is 12.9. The number of nitrogens with two attached hydrogens (primary N) is 1. The summed E-state index contributed by atoms with van der Waals surface area (Å²) in [5, 5.41) is 3.08. The van der Waals surface area contributed by atoms with Gasteiger partial charge in [0, 0.05) is 10.6 Å². The minimum atomic E-state index is -0.280. The number of carbonyl (C=O) groups excluding carboxylic acids is 1. The second kappa shape index (κ2) is 7.24. The van der Waals surface area contributed by atoms with Crippen LogP contribution in [0.1, 0.15) is 0 Å². The number of para-hydroxylation sites is 1. The van der Waals surface area contributed by atoms with E-state index in [4.69, 9.17) is 22.1 Å².